The van der Waals surface area contributed by atoms with Crippen LogP contribution in [0.3, 0.4) is 0 Å². The van der Waals surface area contributed by atoms with Crippen molar-refractivity contribution in [3.8, 4) is 0 Å². The minimum atomic E-state index is -0.362. The number of aromatic amines is 1. The van der Waals surface area contributed by atoms with E-state index in [9.17, 15) is 9.59 Å². The highest BCUT2D eigenvalue weighted by Gasteiger charge is 2.06. The van der Waals surface area contributed by atoms with Crippen LogP contribution in [-0.2, 0) is 9.53 Å². The third-order valence-electron chi connectivity index (χ3n) is 3.04. The van der Waals surface area contributed by atoms with Crippen molar-refractivity contribution >= 4 is 29.2 Å². The van der Waals surface area contributed by atoms with E-state index in [1.54, 1.807) is 12.3 Å². The molecule has 0 atom stereocenters. The van der Waals surface area contributed by atoms with Gasteiger partial charge in [-0.2, -0.15) is 0 Å². The summed E-state index contributed by atoms with van der Waals surface area (Å²) in [5.41, 5.74) is 2.27. The summed E-state index contributed by atoms with van der Waals surface area (Å²) in [4.78, 5) is 25.6. The van der Waals surface area contributed by atoms with Gasteiger partial charge in [0, 0.05) is 28.7 Å². The van der Waals surface area contributed by atoms with Gasteiger partial charge < -0.3 is 9.72 Å². The number of hydrogen-bond donors (Lipinski definition) is 1. The zero-order chi connectivity index (χ0) is 14.4. The molecule has 1 aromatic heterocycles. The number of H-pyrrole nitrogens is 1. The average molecular weight is 271 g/mol. The molecule has 20 heavy (non-hydrogen) atoms. The topological polar surface area (TPSA) is 59.2 Å². The number of esters is 1. The number of unbranched alkanes of at least 4 members (excludes halogenated alkanes) is 1. The van der Waals surface area contributed by atoms with Gasteiger partial charge in [0.15, 0.2) is 6.29 Å². The molecule has 1 aromatic carbocycles. The number of nitrogens with one attached hydrogen (secondary N) is 1. The van der Waals surface area contributed by atoms with Gasteiger partial charge in [-0.15, -0.1) is 0 Å². The molecule has 1 heterocycles. The zero-order valence-electron chi connectivity index (χ0n) is 11.4. The van der Waals surface area contributed by atoms with Crippen LogP contribution in [0.15, 0.2) is 30.5 Å². The van der Waals surface area contributed by atoms with Gasteiger partial charge in [-0.3, -0.25) is 4.79 Å². The summed E-state index contributed by atoms with van der Waals surface area (Å²) in [6.07, 6.45) is 7.39. The van der Waals surface area contributed by atoms with Crippen molar-refractivity contribution in [3.63, 3.8) is 0 Å². The quantitative estimate of drug-likeness (QED) is 0.379. The molecule has 0 unspecified atom stereocenters. The van der Waals surface area contributed by atoms with Crippen LogP contribution in [-0.4, -0.2) is 23.8 Å². The molecule has 4 nitrogen and oxygen atoms in total. The summed E-state index contributed by atoms with van der Waals surface area (Å²) in [6.45, 7) is 2.48. The van der Waals surface area contributed by atoms with Gasteiger partial charge in [-0.1, -0.05) is 25.5 Å². The Morgan fingerprint density at radius 3 is 2.95 bits per heavy atom. The number of aromatic nitrogens is 1. The van der Waals surface area contributed by atoms with Gasteiger partial charge >= 0.3 is 5.97 Å². The fourth-order valence-electron chi connectivity index (χ4n) is 2.00. The minimum absolute atomic E-state index is 0.362. The average Bonchev–Trinajstić information content (AvgIpc) is 2.89. The van der Waals surface area contributed by atoms with Crippen LogP contribution in [0.5, 0.6) is 0 Å². The third kappa shape index (κ3) is 3.15. The number of hydrogen-bond acceptors (Lipinski definition) is 3. The molecule has 0 aliphatic carbocycles. The Morgan fingerprint density at radius 1 is 1.35 bits per heavy atom. The Bertz CT molecular complexity index is 640. The van der Waals surface area contributed by atoms with Crippen LogP contribution in [0.1, 0.15) is 35.7 Å². The van der Waals surface area contributed by atoms with Crippen LogP contribution in [0.4, 0.5) is 0 Å². The molecule has 0 aliphatic heterocycles. The first-order valence-electron chi connectivity index (χ1n) is 6.66. The molecule has 0 bridgehead atoms. The third-order valence-corrected chi connectivity index (χ3v) is 3.04. The van der Waals surface area contributed by atoms with E-state index in [1.807, 2.05) is 25.1 Å². The van der Waals surface area contributed by atoms with Crippen molar-refractivity contribution in [3.05, 3.63) is 41.6 Å². The smallest absolute Gasteiger partial charge is 0.330 e. The Labute approximate surface area is 117 Å². The number of fused-ring (bicyclic) bond motifs is 1. The lowest BCUT2D eigenvalue weighted by atomic mass is 10.1. The highest BCUT2D eigenvalue weighted by atomic mass is 16.5. The van der Waals surface area contributed by atoms with Crippen LogP contribution in [0.25, 0.3) is 17.0 Å². The molecule has 0 fully saturated rings. The second-order valence-corrected chi connectivity index (χ2v) is 4.49. The van der Waals surface area contributed by atoms with Crippen LogP contribution < -0.4 is 0 Å². The van der Waals surface area contributed by atoms with E-state index >= 15 is 0 Å². The summed E-state index contributed by atoms with van der Waals surface area (Å²) in [5, 5.41) is 0.820. The van der Waals surface area contributed by atoms with Crippen molar-refractivity contribution in [1.82, 2.24) is 4.98 Å². The van der Waals surface area contributed by atoms with Crippen molar-refractivity contribution in [2.24, 2.45) is 0 Å². The summed E-state index contributed by atoms with van der Waals surface area (Å²) < 4.78 is 5.05. The molecule has 2 aromatic rings. The van der Waals surface area contributed by atoms with Gasteiger partial charge in [0.1, 0.15) is 0 Å². The molecule has 104 valence electrons. The van der Waals surface area contributed by atoms with Crippen molar-refractivity contribution < 1.29 is 14.3 Å². The molecule has 0 spiro atoms. The molecular weight excluding hydrogens is 254 g/mol. The predicted octanol–water partition coefficient (Wildman–Crippen LogP) is 3.34. The standard InChI is InChI=1S/C16H17NO3/c1-2-3-9-20-15(19)8-7-12-5-4-6-14-16(12)13(11-18)10-17-14/h4-8,10-11,17H,2-3,9H2,1H3/b8-7+. The van der Waals surface area contributed by atoms with E-state index in [1.165, 1.54) is 6.08 Å². The predicted molar refractivity (Wildman–Crippen MR) is 78.6 cm³/mol. The van der Waals surface area contributed by atoms with E-state index in [4.69, 9.17) is 4.74 Å². The lowest BCUT2D eigenvalue weighted by molar-refractivity contribution is -0.137. The largest absolute Gasteiger partial charge is 0.463 e. The van der Waals surface area contributed by atoms with Crippen molar-refractivity contribution in [2.75, 3.05) is 6.61 Å². The fourth-order valence-corrected chi connectivity index (χ4v) is 2.00. The lowest BCUT2D eigenvalue weighted by Gasteiger charge is -2.00. The van der Waals surface area contributed by atoms with Gasteiger partial charge in [0.05, 0.1) is 6.61 Å². The summed E-state index contributed by atoms with van der Waals surface area (Å²) in [5.74, 6) is -0.362. The molecular formula is C16H17NO3. The van der Waals surface area contributed by atoms with Crippen molar-refractivity contribution in [1.29, 1.82) is 0 Å². The van der Waals surface area contributed by atoms with E-state index in [2.05, 4.69) is 4.98 Å². The Hall–Kier alpha value is -2.36. The molecule has 4 heteroatoms. The van der Waals surface area contributed by atoms with E-state index < -0.39 is 0 Å². The molecule has 2 rings (SSSR count). The van der Waals surface area contributed by atoms with Gasteiger partial charge in [-0.25, -0.2) is 4.79 Å². The number of carbonyl (C=O) groups is 2. The Balaban J connectivity index is 2.18. The number of aldehydes is 1. The number of benzene rings is 1. The monoisotopic (exact) mass is 271 g/mol. The zero-order valence-corrected chi connectivity index (χ0v) is 11.4. The Kier molecular flexibility index (Phi) is 4.71. The van der Waals surface area contributed by atoms with Crippen LogP contribution >= 0.6 is 0 Å². The second kappa shape index (κ2) is 6.70. The molecule has 0 aliphatic rings. The summed E-state index contributed by atoms with van der Waals surface area (Å²) >= 11 is 0. The first-order valence-corrected chi connectivity index (χ1v) is 6.66. The summed E-state index contributed by atoms with van der Waals surface area (Å²) in [7, 11) is 0. The lowest BCUT2D eigenvalue weighted by Crippen LogP contribution is -2.01. The van der Waals surface area contributed by atoms with E-state index in [0.717, 1.165) is 35.6 Å². The van der Waals surface area contributed by atoms with Crippen molar-refractivity contribution in [2.45, 2.75) is 19.8 Å². The van der Waals surface area contributed by atoms with E-state index in [-0.39, 0.29) is 5.97 Å². The minimum Gasteiger partial charge on any atom is -0.463 e. The maximum absolute atomic E-state index is 11.5. The van der Waals surface area contributed by atoms with Crippen LogP contribution in [0.2, 0.25) is 0 Å². The first-order chi connectivity index (χ1) is 9.76. The molecule has 0 amide bonds. The SMILES string of the molecule is CCCCOC(=O)/C=C/c1cccc2[nH]cc(C=O)c12. The normalized spacial score (nSPS) is 11.1. The maximum atomic E-state index is 11.5. The molecule has 0 saturated carbocycles. The van der Waals surface area contributed by atoms with Crippen LogP contribution in [0, 0.1) is 0 Å². The van der Waals surface area contributed by atoms with Gasteiger partial charge in [0.25, 0.3) is 0 Å². The molecule has 0 saturated heterocycles. The Morgan fingerprint density at radius 2 is 2.20 bits per heavy atom. The van der Waals surface area contributed by atoms with Gasteiger partial charge in [-0.05, 0) is 24.1 Å². The molecule has 0 radical (unpaired) electrons. The number of carbonyl (C=O) groups excluding carboxylic acids is 2. The van der Waals surface area contributed by atoms with Gasteiger partial charge in [0.2, 0.25) is 0 Å². The maximum Gasteiger partial charge on any atom is 0.330 e. The number of ether oxygens (including phenoxy) is 1. The highest BCUT2D eigenvalue weighted by molar-refractivity contribution is 6.03. The van der Waals surface area contributed by atoms with E-state index in [0.29, 0.717) is 12.2 Å². The first kappa shape index (κ1) is 14.1. The fraction of sp³-hybridized carbons (Fsp3) is 0.250. The summed E-state index contributed by atoms with van der Waals surface area (Å²) in [6, 6.07) is 5.62. The highest BCUT2D eigenvalue weighted by Crippen LogP contribution is 2.22. The molecule has 1 N–H and O–H groups in total. The number of rotatable bonds is 6. The second-order valence-electron chi connectivity index (χ2n) is 4.49.